The van der Waals surface area contributed by atoms with Gasteiger partial charge in [0.1, 0.15) is 4.60 Å². The molecule has 2 aromatic rings. The van der Waals surface area contributed by atoms with Crippen LogP contribution in [0.15, 0.2) is 35.1 Å². The van der Waals surface area contributed by atoms with Gasteiger partial charge in [0, 0.05) is 37.3 Å². The average Bonchev–Trinajstić information content (AvgIpc) is 2.63. The summed E-state index contributed by atoms with van der Waals surface area (Å²) >= 11 is 3.27. The first-order valence-electron chi connectivity index (χ1n) is 8.05. The van der Waals surface area contributed by atoms with Crippen molar-refractivity contribution in [3.63, 3.8) is 0 Å². The zero-order chi connectivity index (χ0) is 18.0. The van der Waals surface area contributed by atoms with Crippen LogP contribution < -0.4 is 5.73 Å². The molecule has 2 heterocycles. The van der Waals surface area contributed by atoms with Gasteiger partial charge in [-0.1, -0.05) is 12.1 Å². The number of benzene rings is 1. The molecule has 0 unspecified atom stereocenters. The first kappa shape index (κ1) is 17.8. The van der Waals surface area contributed by atoms with E-state index in [1.54, 1.807) is 25.2 Å². The quantitative estimate of drug-likeness (QED) is 0.751. The van der Waals surface area contributed by atoms with Crippen molar-refractivity contribution in [2.75, 3.05) is 31.9 Å². The summed E-state index contributed by atoms with van der Waals surface area (Å²) in [7, 11) is -0.475. The molecule has 0 bridgehead atoms. The summed E-state index contributed by atoms with van der Waals surface area (Å²) in [6.45, 7) is 4.32. The topological polar surface area (TPSA) is 95.6 Å². The lowest BCUT2D eigenvalue weighted by atomic mass is 9.84. The summed E-state index contributed by atoms with van der Waals surface area (Å²) in [5.74, 6) is 0.341. The highest BCUT2D eigenvalue weighted by Crippen LogP contribution is 2.22. The molecule has 1 fully saturated rings. The van der Waals surface area contributed by atoms with Crippen molar-refractivity contribution in [1.29, 1.82) is 0 Å². The van der Waals surface area contributed by atoms with Gasteiger partial charge in [-0.3, -0.25) is 4.79 Å². The zero-order valence-electron chi connectivity index (χ0n) is 13.9. The van der Waals surface area contributed by atoms with Crippen LogP contribution in [0.4, 0.5) is 5.82 Å². The van der Waals surface area contributed by atoms with Crippen molar-refractivity contribution >= 4 is 34.7 Å². The molecule has 1 aromatic carbocycles. The minimum Gasteiger partial charge on any atom is -0.437 e. The van der Waals surface area contributed by atoms with E-state index in [9.17, 15) is 9.82 Å². The van der Waals surface area contributed by atoms with Gasteiger partial charge in [0.15, 0.2) is 5.82 Å². The van der Waals surface area contributed by atoms with Crippen LogP contribution in [0, 0.1) is 0 Å². The van der Waals surface area contributed by atoms with Crippen molar-refractivity contribution < 1.29 is 9.82 Å². The monoisotopic (exact) mass is 403 g/mol. The Hall–Kier alpha value is -1.97. The molecule has 1 aliphatic rings. The summed E-state index contributed by atoms with van der Waals surface area (Å²) in [6, 6.07) is 7.30. The number of nitrogens with zero attached hydrogens (tertiary/aromatic N) is 4. The largest absolute Gasteiger partial charge is 0.437 e. The minimum atomic E-state index is -0.475. The third-order valence-electron chi connectivity index (χ3n) is 4.31. The van der Waals surface area contributed by atoms with Gasteiger partial charge in [-0.15, -0.1) is 0 Å². The third-order valence-corrected chi connectivity index (χ3v) is 4.90. The van der Waals surface area contributed by atoms with Gasteiger partial charge < -0.3 is 20.5 Å². The van der Waals surface area contributed by atoms with Crippen LogP contribution in [0.3, 0.4) is 0 Å². The Bertz CT molecular complexity index is 764. The fourth-order valence-electron chi connectivity index (χ4n) is 2.78. The molecule has 7 nitrogen and oxygen atoms in total. The van der Waals surface area contributed by atoms with Crippen LogP contribution in [0.1, 0.15) is 10.4 Å². The summed E-state index contributed by atoms with van der Waals surface area (Å²) in [4.78, 5) is 24.8. The standard InChI is InChI=1S/C16H19BBrN5O2/c1-17(25)23-8-6-22(7-9-23)16(24)12-4-2-11(3-5-12)13-10-20-15(19)14(18)21-13/h2-5,10,25H,6-9H2,1H3,(H2,19,20). The molecule has 1 saturated heterocycles. The number of rotatable bonds is 3. The minimum absolute atomic E-state index is 0.00126. The van der Waals surface area contributed by atoms with E-state index in [1.165, 1.54) is 0 Å². The van der Waals surface area contributed by atoms with Crippen molar-refractivity contribution in [3.05, 3.63) is 40.6 Å². The van der Waals surface area contributed by atoms with Gasteiger partial charge in [-0.25, -0.2) is 9.97 Å². The predicted octanol–water partition coefficient (Wildman–Crippen LogP) is 1.36. The van der Waals surface area contributed by atoms with Crippen LogP contribution in [0.25, 0.3) is 11.3 Å². The molecule has 9 heteroatoms. The number of aromatic nitrogens is 2. The maximum absolute atomic E-state index is 12.6. The summed E-state index contributed by atoms with van der Waals surface area (Å²) in [5.41, 5.74) is 7.84. The van der Waals surface area contributed by atoms with Gasteiger partial charge in [0.25, 0.3) is 5.91 Å². The van der Waals surface area contributed by atoms with Gasteiger partial charge in [0.2, 0.25) is 0 Å². The molecule has 0 aliphatic carbocycles. The van der Waals surface area contributed by atoms with E-state index in [0.29, 0.717) is 47.9 Å². The Labute approximate surface area is 155 Å². The number of nitrogen functional groups attached to an aromatic ring is 1. The normalized spacial score (nSPS) is 15.2. The Morgan fingerprint density at radius 1 is 1.24 bits per heavy atom. The smallest absolute Gasteiger partial charge is 0.376 e. The Morgan fingerprint density at radius 2 is 1.88 bits per heavy atom. The molecule has 25 heavy (non-hydrogen) atoms. The lowest BCUT2D eigenvalue weighted by molar-refractivity contribution is 0.0688. The zero-order valence-corrected chi connectivity index (χ0v) is 15.5. The molecule has 1 amide bonds. The highest BCUT2D eigenvalue weighted by atomic mass is 79.9. The van der Waals surface area contributed by atoms with E-state index < -0.39 is 7.05 Å². The molecule has 0 atom stereocenters. The van der Waals surface area contributed by atoms with E-state index in [0.717, 1.165) is 5.56 Å². The molecular weight excluding hydrogens is 385 g/mol. The molecule has 130 valence electrons. The number of carbonyl (C=O) groups excluding carboxylic acids is 1. The predicted molar refractivity (Wildman–Crippen MR) is 101 cm³/mol. The van der Waals surface area contributed by atoms with E-state index in [4.69, 9.17) is 5.73 Å². The molecule has 1 aliphatic heterocycles. The molecule has 0 spiro atoms. The number of carbonyl (C=O) groups is 1. The molecule has 0 radical (unpaired) electrons. The highest BCUT2D eigenvalue weighted by Gasteiger charge is 2.25. The molecule has 1 aromatic heterocycles. The number of anilines is 1. The number of piperazine rings is 1. The first-order chi connectivity index (χ1) is 12.0. The van der Waals surface area contributed by atoms with Crippen LogP contribution in [-0.4, -0.2) is 63.8 Å². The van der Waals surface area contributed by atoms with E-state index in [-0.39, 0.29) is 5.91 Å². The van der Waals surface area contributed by atoms with Gasteiger partial charge in [-0.05, 0) is 34.9 Å². The van der Waals surface area contributed by atoms with Gasteiger partial charge >= 0.3 is 7.05 Å². The van der Waals surface area contributed by atoms with Crippen LogP contribution in [-0.2, 0) is 0 Å². The van der Waals surface area contributed by atoms with Crippen molar-refractivity contribution in [3.8, 4) is 11.3 Å². The summed E-state index contributed by atoms with van der Waals surface area (Å²) in [6.07, 6.45) is 1.60. The highest BCUT2D eigenvalue weighted by molar-refractivity contribution is 9.10. The molecule has 0 saturated carbocycles. The second-order valence-corrected chi connectivity index (χ2v) is 6.72. The van der Waals surface area contributed by atoms with Crippen molar-refractivity contribution in [2.24, 2.45) is 0 Å². The van der Waals surface area contributed by atoms with Crippen molar-refractivity contribution in [2.45, 2.75) is 6.82 Å². The Kier molecular flexibility index (Phi) is 5.36. The van der Waals surface area contributed by atoms with Crippen molar-refractivity contribution in [1.82, 2.24) is 19.7 Å². The summed E-state index contributed by atoms with van der Waals surface area (Å²) in [5, 5.41) is 9.59. The second kappa shape index (κ2) is 7.51. The Morgan fingerprint density at radius 3 is 2.44 bits per heavy atom. The molecular formula is C16H19BBrN5O2. The molecule has 3 rings (SSSR count). The number of hydrogen-bond acceptors (Lipinski definition) is 6. The third kappa shape index (κ3) is 4.00. The number of halogens is 1. The number of amides is 1. The molecule has 3 N–H and O–H groups in total. The lowest BCUT2D eigenvalue weighted by Gasteiger charge is -2.35. The van der Waals surface area contributed by atoms with Gasteiger partial charge in [-0.2, -0.15) is 0 Å². The van der Waals surface area contributed by atoms with E-state index in [2.05, 4.69) is 25.9 Å². The van der Waals surface area contributed by atoms with Gasteiger partial charge in [0.05, 0.1) is 11.9 Å². The van der Waals surface area contributed by atoms with E-state index in [1.807, 2.05) is 21.8 Å². The van der Waals surface area contributed by atoms with Crippen LogP contribution in [0.5, 0.6) is 0 Å². The fraction of sp³-hybridized carbons (Fsp3) is 0.312. The first-order valence-corrected chi connectivity index (χ1v) is 8.85. The SMILES string of the molecule is CB(O)N1CCN(C(=O)c2ccc(-c3cnc(N)c(Br)n3)cc2)CC1. The number of nitrogens with two attached hydrogens (primary N) is 1. The Balaban J connectivity index is 1.70. The average molecular weight is 404 g/mol. The second-order valence-electron chi connectivity index (χ2n) is 5.97. The number of hydrogen-bond donors (Lipinski definition) is 2. The maximum Gasteiger partial charge on any atom is 0.376 e. The van der Waals surface area contributed by atoms with Crippen LogP contribution >= 0.6 is 15.9 Å². The lowest BCUT2D eigenvalue weighted by Crippen LogP contribution is -2.52. The van der Waals surface area contributed by atoms with Crippen LogP contribution in [0.2, 0.25) is 6.82 Å². The fourth-order valence-corrected chi connectivity index (χ4v) is 3.07. The summed E-state index contributed by atoms with van der Waals surface area (Å²) < 4.78 is 0.501. The maximum atomic E-state index is 12.6. The van der Waals surface area contributed by atoms with E-state index >= 15 is 0 Å².